The Labute approximate surface area is 148 Å². The van der Waals surface area contributed by atoms with Gasteiger partial charge in [-0.25, -0.2) is 4.39 Å². The van der Waals surface area contributed by atoms with E-state index in [2.05, 4.69) is 4.99 Å². The molecule has 1 aliphatic rings. The maximum absolute atomic E-state index is 14.5. The highest BCUT2D eigenvalue weighted by Gasteiger charge is 2.23. The second-order valence-corrected chi connectivity index (χ2v) is 5.96. The lowest BCUT2D eigenvalue weighted by Crippen LogP contribution is -2.24. The molecule has 4 N–H and O–H groups in total. The van der Waals surface area contributed by atoms with E-state index in [0.717, 1.165) is 0 Å². The summed E-state index contributed by atoms with van der Waals surface area (Å²) in [5, 5.41) is 0.0202. The summed E-state index contributed by atoms with van der Waals surface area (Å²) >= 11 is 5.90. The average molecular weight is 360 g/mol. The SMILES string of the molecule is CC1C=C(c2cccc(Cl)c2F)c2cc(C(=O)N=C(N)N)ccc2O1. The van der Waals surface area contributed by atoms with Crippen LogP contribution in [-0.4, -0.2) is 18.0 Å². The van der Waals surface area contributed by atoms with Crippen molar-refractivity contribution in [3.05, 3.63) is 70.0 Å². The standard InChI is InChI=1S/C18H15ClFN3O2/c1-9-7-12(11-3-2-4-14(19)16(11)20)13-8-10(5-6-15(13)25-9)17(24)23-18(21)22/h2-9H,1H3,(H4,21,22,23,24). The minimum atomic E-state index is -0.590. The Morgan fingerprint density at radius 3 is 2.72 bits per heavy atom. The minimum Gasteiger partial charge on any atom is -0.486 e. The van der Waals surface area contributed by atoms with Crippen molar-refractivity contribution in [1.29, 1.82) is 0 Å². The maximum atomic E-state index is 14.5. The number of hydrogen-bond acceptors (Lipinski definition) is 2. The van der Waals surface area contributed by atoms with Gasteiger partial charge < -0.3 is 16.2 Å². The highest BCUT2D eigenvalue weighted by Crippen LogP contribution is 2.38. The number of nitrogens with zero attached hydrogens (tertiary/aromatic N) is 1. The number of hydrogen-bond donors (Lipinski definition) is 2. The summed E-state index contributed by atoms with van der Waals surface area (Å²) in [6.07, 6.45) is 1.51. The van der Waals surface area contributed by atoms with E-state index in [0.29, 0.717) is 22.4 Å². The van der Waals surface area contributed by atoms with Gasteiger partial charge in [-0.05, 0) is 42.8 Å². The van der Waals surface area contributed by atoms with Crippen molar-refractivity contribution >= 4 is 29.0 Å². The number of carbonyl (C=O) groups is 1. The molecular weight excluding hydrogens is 345 g/mol. The summed E-state index contributed by atoms with van der Waals surface area (Å²) in [7, 11) is 0. The van der Waals surface area contributed by atoms with Gasteiger partial charge in [0.1, 0.15) is 17.7 Å². The molecule has 1 aliphatic heterocycles. The van der Waals surface area contributed by atoms with Crippen LogP contribution in [0.2, 0.25) is 5.02 Å². The molecule has 2 aromatic rings. The molecule has 1 amide bonds. The van der Waals surface area contributed by atoms with E-state index in [1.165, 1.54) is 6.07 Å². The Bertz CT molecular complexity index is 921. The molecule has 0 radical (unpaired) electrons. The smallest absolute Gasteiger partial charge is 0.280 e. The Kier molecular flexibility index (Phi) is 4.46. The van der Waals surface area contributed by atoms with Crippen molar-refractivity contribution < 1.29 is 13.9 Å². The van der Waals surface area contributed by atoms with Crippen molar-refractivity contribution in [3.8, 4) is 5.75 Å². The lowest BCUT2D eigenvalue weighted by Gasteiger charge is -2.24. The van der Waals surface area contributed by atoms with Crippen molar-refractivity contribution in [2.45, 2.75) is 13.0 Å². The summed E-state index contributed by atoms with van der Waals surface area (Å²) in [6.45, 7) is 1.84. The van der Waals surface area contributed by atoms with Gasteiger partial charge in [0, 0.05) is 16.7 Å². The summed E-state index contributed by atoms with van der Waals surface area (Å²) in [5.74, 6) is -0.918. The number of halogens is 2. The molecule has 1 heterocycles. The monoisotopic (exact) mass is 359 g/mol. The first-order valence-corrected chi connectivity index (χ1v) is 7.86. The number of nitrogens with two attached hydrogens (primary N) is 2. The summed E-state index contributed by atoms with van der Waals surface area (Å²) in [6, 6.07) is 9.52. The number of guanidine groups is 1. The fourth-order valence-corrected chi connectivity index (χ4v) is 2.84. The molecule has 25 heavy (non-hydrogen) atoms. The van der Waals surface area contributed by atoms with Crippen LogP contribution in [0.15, 0.2) is 47.5 Å². The number of carbonyl (C=O) groups excluding carboxylic acids is 1. The minimum absolute atomic E-state index is 0.0202. The van der Waals surface area contributed by atoms with Crippen LogP contribution in [0, 0.1) is 5.82 Å². The second kappa shape index (κ2) is 6.57. The van der Waals surface area contributed by atoms with Crippen LogP contribution in [0.25, 0.3) is 5.57 Å². The van der Waals surface area contributed by atoms with E-state index in [4.69, 9.17) is 27.8 Å². The fourth-order valence-electron chi connectivity index (χ4n) is 2.66. The lowest BCUT2D eigenvalue weighted by molar-refractivity contribution is 0.100. The molecule has 1 atom stereocenters. The number of aliphatic imine (C=N–C) groups is 1. The van der Waals surface area contributed by atoms with Gasteiger partial charge >= 0.3 is 0 Å². The highest BCUT2D eigenvalue weighted by atomic mass is 35.5. The Morgan fingerprint density at radius 2 is 2.00 bits per heavy atom. The Morgan fingerprint density at radius 1 is 1.24 bits per heavy atom. The molecule has 1 unspecified atom stereocenters. The van der Waals surface area contributed by atoms with Gasteiger partial charge in [-0.15, -0.1) is 0 Å². The number of amides is 1. The Hall–Kier alpha value is -2.86. The second-order valence-electron chi connectivity index (χ2n) is 5.56. The molecule has 0 aliphatic carbocycles. The first-order chi connectivity index (χ1) is 11.9. The third kappa shape index (κ3) is 3.34. The normalized spacial score (nSPS) is 15.6. The molecule has 0 saturated carbocycles. The fraction of sp³-hybridized carbons (Fsp3) is 0.111. The topological polar surface area (TPSA) is 90.7 Å². The number of ether oxygens (including phenoxy) is 1. The van der Waals surface area contributed by atoms with Crippen molar-refractivity contribution in [1.82, 2.24) is 0 Å². The average Bonchev–Trinajstić information content (AvgIpc) is 2.55. The molecule has 3 rings (SSSR count). The van der Waals surface area contributed by atoms with E-state index >= 15 is 0 Å². The zero-order chi connectivity index (χ0) is 18.1. The van der Waals surface area contributed by atoms with Crippen LogP contribution in [0.5, 0.6) is 5.75 Å². The largest absolute Gasteiger partial charge is 0.486 e. The van der Waals surface area contributed by atoms with Gasteiger partial charge in [0.15, 0.2) is 5.96 Å². The summed E-state index contributed by atoms with van der Waals surface area (Å²) in [4.78, 5) is 15.6. The maximum Gasteiger partial charge on any atom is 0.280 e. The molecule has 128 valence electrons. The number of fused-ring (bicyclic) bond motifs is 1. The third-order valence-corrected chi connectivity index (χ3v) is 4.00. The first kappa shape index (κ1) is 17.0. The van der Waals surface area contributed by atoms with Crippen LogP contribution in [0.4, 0.5) is 4.39 Å². The predicted octanol–water partition coefficient (Wildman–Crippen LogP) is 3.11. The Balaban J connectivity index is 2.15. The van der Waals surface area contributed by atoms with Gasteiger partial charge in [-0.3, -0.25) is 4.79 Å². The molecule has 7 heteroatoms. The van der Waals surface area contributed by atoms with Gasteiger partial charge in [0.25, 0.3) is 5.91 Å². The van der Waals surface area contributed by atoms with Gasteiger partial charge in [0.2, 0.25) is 0 Å². The van der Waals surface area contributed by atoms with Gasteiger partial charge in [0.05, 0.1) is 5.02 Å². The van der Waals surface area contributed by atoms with Crippen molar-refractivity contribution in [2.75, 3.05) is 0 Å². The van der Waals surface area contributed by atoms with Crippen LogP contribution in [-0.2, 0) is 0 Å². The lowest BCUT2D eigenvalue weighted by atomic mass is 9.92. The summed E-state index contributed by atoms with van der Waals surface area (Å²) < 4.78 is 20.2. The molecule has 0 bridgehead atoms. The van der Waals surface area contributed by atoms with E-state index in [-0.39, 0.29) is 22.6 Å². The van der Waals surface area contributed by atoms with E-state index in [9.17, 15) is 9.18 Å². The van der Waals surface area contributed by atoms with Gasteiger partial charge in [-0.2, -0.15) is 4.99 Å². The zero-order valence-electron chi connectivity index (χ0n) is 13.3. The molecule has 0 fully saturated rings. The third-order valence-electron chi connectivity index (χ3n) is 3.70. The van der Waals surface area contributed by atoms with Crippen molar-refractivity contribution in [2.24, 2.45) is 16.5 Å². The quantitative estimate of drug-likeness (QED) is 0.636. The van der Waals surface area contributed by atoms with Crippen molar-refractivity contribution in [3.63, 3.8) is 0 Å². The number of benzene rings is 2. The van der Waals surface area contributed by atoms with Gasteiger partial charge in [-0.1, -0.05) is 23.7 Å². The highest BCUT2D eigenvalue weighted by molar-refractivity contribution is 6.31. The summed E-state index contributed by atoms with van der Waals surface area (Å²) in [5.41, 5.74) is 12.2. The van der Waals surface area contributed by atoms with Crippen LogP contribution >= 0.6 is 11.6 Å². The van der Waals surface area contributed by atoms with Crippen LogP contribution < -0.4 is 16.2 Å². The zero-order valence-corrected chi connectivity index (χ0v) is 14.0. The molecule has 5 nitrogen and oxygen atoms in total. The number of rotatable bonds is 2. The van der Waals surface area contributed by atoms with E-state index < -0.39 is 11.7 Å². The molecular formula is C18H15ClFN3O2. The van der Waals surface area contributed by atoms with E-state index in [1.54, 1.807) is 36.4 Å². The molecule has 0 spiro atoms. The van der Waals surface area contributed by atoms with Crippen LogP contribution in [0.1, 0.15) is 28.4 Å². The first-order valence-electron chi connectivity index (χ1n) is 7.48. The predicted molar refractivity (Wildman–Crippen MR) is 95.2 cm³/mol. The molecule has 2 aromatic carbocycles. The van der Waals surface area contributed by atoms with Crippen LogP contribution in [0.3, 0.4) is 0 Å². The van der Waals surface area contributed by atoms with E-state index in [1.807, 2.05) is 6.92 Å². The molecule has 0 saturated heterocycles. The molecule has 0 aromatic heterocycles.